The summed E-state index contributed by atoms with van der Waals surface area (Å²) in [4.78, 5) is 10.7. The predicted octanol–water partition coefficient (Wildman–Crippen LogP) is 5.39. The molecule has 0 heterocycles. The van der Waals surface area contributed by atoms with Gasteiger partial charge in [-0.1, -0.05) is 17.7 Å². The average molecular weight is 386 g/mol. The summed E-state index contributed by atoms with van der Waals surface area (Å²) in [5, 5.41) is 8.80. The Morgan fingerprint density at radius 3 is 2.68 bits per heavy atom. The maximum atomic E-state index is 14.4. The SMILES string of the molecule is Cc1cc(OCC2=C(Cc3cccc(F)c3)CCC2)c(F)cc1CCC(=O)O. The van der Waals surface area contributed by atoms with E-state index in [1.807, 2.05) is 13.0 Å². The number of hydrogen-bond donors (Lipinski definition) is 1. The van der Waals surface area contributed by atoms with Crippen LogP contribution in [0.1, 0.15) is 42.4 Å². The molecule has 1 aliphatic rings. The van der Waals surface area contributed by atoms with E-state index in [0.29, 0.717) is 25.0 Å². The Labute approximate surface area is 163 Å². The topological polar surface area (TPSA) is 46.5 Å². The molecule has 1 N–H and O–H groups in total. The van der Waals surface area contributed by atoms with Crippen molar-refractivity contribution < 1.29 is 23.4 Å². The van der Waals surface area contributed by atoms with Crippen molar-refractivity contribution in [3.63, 3.8) is 0 Å². The van der Waals surface area contributed by atoms with Gasteiger partial charge in [-0.3, -0.25) is 4.79 Å². The minimum Gasteiger partial charge on any atom is -0.486 e. The zero-order valence-electron chi connectivity index (χ0n) is 15.9. The lowest BCUT2D eigenvalue weighted by molar-refractivity contribution is -0.136. The Morgan fingerprint density at radius 2 is 1.93 bits per heavy atom. The Morgan fingerprint density at radius 1 is 1.14 bits per heavy atom. The molecule has 3 rings (SSSR count). The van der Waals surface area contributed by atoms with E-state index in [0.717, 1.165) is 36.0 Å². The van der Waals surface area contributed by atoms with Gasteiger partial charge in [-0.15, -0.1) is 0 Å². The van der Waals surface area contributed by atoms with Crippen molar-refractivity contribution in [2.24, 2.45) is 0 Å². The van der Waals surface area contributed by atoms with E-state index >= 15 is 0 Å². The predicted molar refractivity (Wildman–Crippen MR) is 104 cm³/mol. The van der Waals surface area contributed by atoms with Gasteiger partial charge in [0, 0.05) is 6.42 Å². The molecule has 148 valence electrons. The second kappa shape index (κ2) is 9.00. The molecule has 2 aromatic carbocycles. The number of aryl methyl sites for hydroxylation is 2. The van der Waals surface area contributed by atoms with Crippen molar-refractivity contribution in [3.8, 4) is 5.75 Å². The minimum absolute atomic E-state index is 0.0309. The van der Waals surface area contributed by atoms with E-state index < -0.39 is 11.8 Å². The molecule has 0 bridgehead atoms. The van der Waals surface area contributed by atoms with Crippen molar-refractivity contribution in [1.29, 1.82) is 0 Å². The molecule has 0 saturated heterocycles. The average Bonchev–Trinajstić information content (AvgIpc) is 3.07. The monoisotopic (exact) mass is 386 g/mol. The summed E-state index contributed by atoms with van der Waals surface area (Å²) in [5.74, 6) is -1.44. The maximum Gasteiger partial charge on any atom is 0.303 e. The molecule has 0 spiro atoms. The minimum atomic E-state index is -0.904. The van der Waals surface area contributed by atoms with Gasteiger partial charge in [0.05, 0.1) is 0 Å². The first-order valence-corrected chi connectivity index (χ1v) is 9.50. The van der Waals surface area contributed by atoms with Gasteiger partial charge in [-0.05, 0) is 85.6 Å². The molecule has 0 fully saturated rings. The van der Waals surface area contributed by atoms with Crippen LogP contribution in [0.3, 0.4) is 0 Å². The van der Waals surface area contributed by atoms with Crippen LogP contribution in [0.25, 0.3) is 0 Å². The van der Waals surface area contributed by atoms with Gasteiger partial charge in [0.15, 0.2) is 11.6 Å². The van der Waals surface area contributed by atoms with Crippen molar-refractivity contribution in [3.05, 3.63) is 75.9 Å². The van der Waals surface area contributed by atoms with Gasteiger partial charge >= 0.3 is 5.97 Å². The fourth-order valence-electron chi connectivity index (χ4n) is 3.63. The summed E-state index contributed by atoms with van der Waals surface area (Å²) in [6.45, 7) is 2.14. The third-order valence-electron chi connectivity index (χ3n) is 5.16. The zero-order chi connectivity index (χ0) is 20.1. The standard InChI is InChI=1S/C23H24F2O3/c1-15-10-22(21(25)13-17(15)8-9-23(26)27)28-14-19-6-3-5-18(19)11-16-4-2-7-20(24)12-16/h2,4,7,10,12-13H,3,5-6,8-9,11,14H2,1H3,(H,26,27). The second-order valence-electron chi connectivity index (χ2n) is 7.26. The summed E-state index contributed by atoms with van der Waals surface area (Å²) in [5.41, 5.74) is 4.81. The van der Waals surface area contributed by atoms with E-state index in [4.69, 9.17) is 9.84 Å². The number of ether oxygens (including phenoxy) is 1. The molecule has 5 heteroatoms. The molecule has 0 unspecified atom stereocenters. The van der Waals surface area contributed by atoms with Crippen LogP contribution in [0.4, 0.5) is 8.78 Å². The molecule has 0 atom stereocenters. The highest BCUT2D eigenvalue weighted by Gasteiger charge is 2.17. The lowest BCUT2D eigenvalue weighted by atomic mass is 10.0. The van der Waals surface area contributed by atoms with Crippen LogP contribution < -0.4 is 4.74 Å². The van der Waals surface area contributed by atoms with Crippen LogP contribution in [-0.4, -0.2) is 17.7 Å². The number of carbonyl (C=O) groups is 1. The van der Waals surface area contributed by atoms with Crippen molar-refractivity contribution in [1.82, 2.24) is 0 Å². The summed E-state index contributed by atoms with van der Waals surface area (Å²) >= 11 is 0. The smallest absolute Gasteiger partial charge is 0.303 e. The number of hydrogen-bond acceptors (Lipinski definition) is 2. The number of allylic oxidation sites excluding steroid dienone is 1. The first-order chi connectivity index (χ1) is 13.4. The molecule has 3 nitrogen and oxygen atoms in total. The highest BCUT2D eigenvalue weighted by Crippen LogP contribution is 2.30. The summed E-state index contributed by atoms with van der Waals surface area (Å²) in [6, 6.07) is 9.59. The fraction of sp³-hybridized carbons (Fsp3) is 0.348. The molecule has 0 amide bonds. The molecule has 1 aliphatic carbocycles. The van der Waals surface area contributed by atoms with Gasteiger partial charge in [0.25, 0.3) is 0 Å². The van der Waals surface area contributed by atoms with Crippen LogP contribution in [0.2, 0.25) is 0 Å². The number of carboxylic acid groups (broad SMARTS) is 1. The van der Waals surface area contributed by atoms with Crippen molar-refractivity contribution in [2.45, 2.75) is 45.4 Å². The molecular weight excluding hydrogens is 362 g/mol. The Balaban J connectivity index is 1.68. The van der Waals surface area contributed by atoms with Crippen LogP contribution >= 0.6 is 0 Å². The van der Waals surface area contributed by atoms with E-state index in [1.165, 1.54) is 17.7 Å². The largest absolute Gasteiger partial charge is 0.486 e. The Bertz CT molecular complexity index is 903. The van der Waals surface area contributed by atoms with Crippen LogP contribution in [0.5, 0.6) is 5.75 Å². The zero-order valence-corrected chi connectivity index (χ0v) is 15.9. The van der Waals surface area contributed by atoms with E-state index in [-0.39, 0.29) is 18.0 Å². The number of aliphatic carboxylic acids is 1. The fourth-order valence-corrected chi connectivity index (χ4v) is 3.63. The summed E-state index contributed by atoms with van der Waals surface area (Å²) in [7, 11) is 0. The maximum absolute atomic E-state index is 14.4. The first kappa shape index (κ1) is 20.1. The molecule has 0 radical (unpaired) electrons. The number of rotatable bonds is 8. The highest BCUT2D eigenvalue weighted by atomic mass is 19.1. The van der Waals surface area contributed by atoms with Gasteiger partial charge in [-0.25, -0.2) is 8.78 Å². The van der Waals surface area contributed by atoms with Crippen molar-refractivity contribution in [2.75, 3.05) is 6.61 Å². The van der Waals surface area contributed by atoms with E-state index in [9.17, 15) is 13.6 Å². The summed E-state index contributed by atoms with van der Waals surface area (Å²) in [6.07, 6.45) is 3.83. The Hall–Kier alpha value is -2.69. The van der Waals surface area contributed by atoms with Gasteiger partial charge in [0.1, 0.15) is 12.4 Å². The molecule has 28 heavy (non-hydrogen) atoms. The van der Waals surface area contributed by atoms with E-state index in [2.05, 4.69) is 0 Å². The van der Waals surface area contributed by atoms with Crippen LogP contribution in [0, 0.1) is 18.6 Å². The lowest BCUT2D eigenvalue weighted by Crippen LogP contribution is -2.06. The number of benzene rings is 2. The van der Waals surface area contributed by atoms with Gasteiger partial charge in [-0.2, -0.15) is 0 Å². The van der Waals surface area contributed by atoms with Crippen LogP contribution in [0.15, 0.2) is 47.5 Å². The first-order valence-electron chi connectivity index (χ1n) is 9.50. The quantitative estimate of drug-likeness (QED) is 0.619. The van der Waals surface area contributed by atoms with E-state index in [1.54, 1.807) is 18.2 Å². The highest BCUT2D eigenvalue weighted by molar-refractivity contribution is 5.67. The normalized spacial score (nSPS) is 13.8. The molecule has 0 saturated carbocycles. The summed E-state index contributed by atoms with van der Waals surface area (Å²) < 4.78 is 33.5. The Kier molecular flexibility index (Phi) is 6.45. The van der Waals surface area contributed by atoms with Crippen molar-refractivity contribution >= 4 is 5.97 Å². The van der Waals surface area contributed by atoms with Gasteiger partial charge in [0.2, 0.25) is 0 Å². The molecule has 0 aliphatic heterocycles. The van der Waals surface area contributed by atoms with Gasteiger partial charge < -0.3 is 9.84 Å². The molecule has 0 aromatic heterocycles. The second-order valence-corrected chi connectivity index (χ2v) is 7.26. The lowest BCUT2D eigenvalue weighted by Gasteiger charge is -2.13. The number of carboxylic acids is 1. The number of halogens is 2. The van der Waals surface area contributed by atoms with Crippen LogP contribution in [-0.2, 0) is 17.6 Å². The third kappa shape index (κ3) is 5.18. The molecule has 2 aromatic rings. The molecular formula is C23H24F2O3. The third-order valence-corrected chi connectivity index (χ3v) is 5.16.